The normalized spacial score (nSPS) is 8.87. The molecule has 0 bridgehead atoms. The molecule has 1 heterocycles. The summed E-state index contributed by atoms with van der Waals surface area (Å²) >= 11 is 0. The van der Waals surface area contributed by atoms with Crippen molar-refractivity contribution >= 4 is 17.9 Å². The van der Waals surface area contributed by atoms with Crippen LogP contribution in [0.4, 0.5) is 0 Å². The molecule has 0 atom stereocenters. The molecular formula is C14H12CuNO7+. The van der Waals surface area contributed by atoms with Crippen LogP contribution in [-0.2, 0) is 17.1 Å². The second-order valence-electron chi connectivity index (χ2n) is 3.84. The predicted molar refractivity (Wildman–Crippen MR) is 74.3 cm³/mol. The van der Waals surface area contributed by atoms with Crippen LogP contribution in [0.1, 0.15) is 32.8 Å². The fraction of sp³-hybridized carbons (Fsp3) is 0. The molecule has 0 aliphatic carbocycles. The van der Waals surface area contributed by atoms with Crippen molar-refractivity contribution in [2.24, 2.45) is 0 Å². The summed E-state index contributed by atoms with van der Waals surface area (Å²) in [7, 11) is 0. The monoisotopic (exact) mass is 369 g/mol. The zero-order valence-corrected chi connectivity index (χ0v) is 12.2. The second-order valence-corrected chi connectivity index (χ2v) is 3.84. The minimum Gasteiger partial charge on any atom is -0.507 e. The van der Waals surface area contributed by atoms with Crippen molar-refractivity contribution in [1.29, 1.82) is 0 Å². The molecule has 0 spiro atoms. The van der Waals surface area contributed by atoms with Gasteiger partial charge in [-0.15, -0.1) is 0 Å². The van der Waals surface area contributed by atoms with E-state index < -0.39 is 17.9 Å². The van der Waals surface area contributed by atoms with Gasteiger partial charge in [0, 0.05) is 17.1 Å². The SMILES string of the molecule is O=C(O)c1cccc(C(=O)O)n1.O=C(O)c1ccccc1O.[Cu].[H+]. The third-order valence-corrected chi connectivity index (χ3v) is 2.32. The summed E-state index contributed by atoms with van der Waals surface area (Å²) in [4.78, 5) is 34.3. The summed E-state index contributed by atoms with van der Waals surface area (Å²) in [6, 6.07) is 9.61. The van der Waals surface area contributed by atoms with E-state index in [1.54, 1.807) is 12.1 Å². The predicted octanol–water partition coefficient (Wildman–Crippen LogP) is 1.68. The molecule has 9 heteroatoms. The van der Waals surface area contributed by atoms with Crippen LogP contribution in [0, 0.1) is 0 Å². The Bertz CT molecular complexity index is 695. The van der Waals surface area contributed by atoms with Gasteiger partial charge in [0.15, 0.2) is 0 Å². The fourth-order valence-corrected chi connectivity index (χ4v) is 1.33. The molecule has 2 rings (SSSR count). The molecule has 2 aromatic rings. The van der Waals surface area contributed by atoms with Crippen LogP contribution in [0.5, 0.6) is 5.75 Å². The number of benzene rings is 1. The van der Waals surface area contributed by atoms with Gasteiger partial charge < -0.3 is 20.4 Å². The molecule has 0 saturated carbocycles. The van der Waals surface area contributed by atoms with Crippen LogP contribution in [0.15, 0.2) is 42.5 Å². The average Bonchev–Trinajstić information content (AvgIpc) is 2.48. The number of pyridine rings is 1. The summed E-state index contributed by atoms with van der Waals surface area (Å²) in [5.74, 6) is -3.79. The van der Waals surface area contributed by atoms with E-state index in [-0.39, 0.29) is 41.2 Å². The summed E-state index contributed by atoms with van der Waals surface area (Å²) in [6.45, 7) is 0. The molecule has 125 valence electrons. The zero-order chi connectivity index (χ0) is 16.7. The molecule has 1 aromatic carbocycles. The van der Waals surface area contributed by atoms with Gasteiger partial charge in [0.2, 0.25) is 0 Å². The Morgan fingerprint density at radius 2 is 1.26 bits per heavy atom. The molecule has 4 N–H and O–H groups in total. The summed E-state index contributed by atoms with van der Waals surface area (Å²) in [5, 5.41) is 34.2. The summed E-state index contributed by atoms with van der Waals surface area (Å²) in [6.07, 6.45) is 0. The number of carboxylic acid groups (broad SMARTS) is 3. The molecule has 23 heavy (non-hydrogen) atoms. The van der Waals surface area contributed by atoms with Crippen LogP contribution in [0.3, 0.4) is 0 Å². The number of aromatic nitrogens is 1. The van der Waals surface area contributed by atoms with Crippen molar-refractivity contribution in [2.75, 3.05) is 0 Å². The Morgan fingerprint density at radius 1 is 0.783 bits per heavy atom. The molecule has 1 radical (unpaired) electrons. The van der Waals surface area contributed by atoms with E-state index in [9.17, 15) is 14.4 Å². The van der Waals surface area contributed by atoms with Crippen LogP contribution in [0.2, 0.25) is 0 Å². The average molecular weight is 370 g/mol. The number of aromatic hydroxyl groups is 1. The van der Waals surface area contributed by atoms with Crippen LogP contribution < -0.4 is 0 Å². The molecule has 1 aromatic heterocycles. The number of hydrogen-bond donors (Lipinski definition) is 4. The number of rotatable bonds is 3. The minimum atomic E-state index is -1.24. The Hall–Kier alpha value is -2.90. The Balaban J connectivity index is 0. The quantitative estimate of drug-likeness (QED) is 0.598. The van der Waals surface area contributed by atoms with Gasteiger partial charge in [-0.05, 0) is 24.3 Å². The summed E-state index contributed by atoms with van der Waals surface area (Å²) < 4.78 is 0. The number of carbonyl (C=O) groups is 3. The van der Waals surface area contributed by atoms with Crippen molar-refractivity contribution in [3.8, 4) is 5.75 Å². The van der Waals surface area contributed by atoms with Crippen molar-refractivity contribution in [3.05, 3.63) is 59.4 Å². The van der Waals surface area contributed by atoms with Gasteiger partial charge in [-0.3, -0.25) is 0 Å². The maximum Gasteiger partial charge on any atom is 1.00 e. The molecular weight excluding hydrogens is 358 g/mol. The number of phenols is 1. The molecule has 0 aliphatic rings. The van der Waals surface area contributed by atoms with Crippen LogP contribution in [0.25, 0.3) is 0 Å². The van der Waals surface area contributed by atoms with Crippen molar-refractivity contribution < 1.29 is 53.3 Å². The van der Waals surface area contributed by atoms with Gasteiger partial charge in [0.25, 0.3) is 0 Å². The van der Waals surface area contributed by atoms with Gasteiger partial charge in [-0.25, -0.2) is 19.4 Å². The van der Waals surface area contributed by atoms with E-state index in [0.717, 1.165) is 0 Å². The first-order valence-corrected chi connectivity index (χ1v) is 5.78. The first kappa shape index (κ1) is 20.1. The Morgan fingerprint density at radius 3 is 1.61 bits per heavy atom. The molecule has 0 fully saturated rings. The smallest absolute Gasteiger partial charge is 0.507 e. The molecule has 0 amide bonds. The molecule has 0 unspecified atom stereocenters. The second kappa shape index (κ2) is 9.19. The Kier molecular flexibility index (Phi) is 8.03. The van der Waals surface area contributed by atoms with Crippen molar-refractivity contribution in [2.45, 2.75) is 0 Å². The van der Waals surface area contributed by atoms with Gasteiger partial charge in [-0.2, -0.15) is 0 Å². The third-order valence-electron chi connectivity index (χ3n) is 2.32. The standard InChI is InChI=1S/C7H5NO4.C7H6O3.Cu/c9-6(10)4-2-1-3-5(8-4)7(11)12;8-6-4-2-1-3-5(6)7(9)10;/h1-3H,(H,9,10)(H,11,12);1-4,8H,(H,9,10);/p+1. The van der Waals surface area contributed by atoms with Gasteiger partial charge in [-0.1, -0.05) is 18.2 Å². The van der Waals surface area contributed by atoms with Crippen molar-refractivity contribution in [3.63, 3.8) is 0 Å². The topological polar surface area (TPSA) is 145 Å². The van der Waals surface area contributed by atoms with E-state index in [0.29, 0.717) is 0 Å². The van der Waals surface area contributed by atoms with Crippen molar-refractivity contribution in [1.82, 2.24) is 4.98 Å². The Labute approximate surface area is 142 Å². The minimum absolute atomic E-state index is 0. The van der Waals surface area contributed by atoms with Gasteiger partial charge >= 0.3 is 19.3 Å². The van der Waals surface area contributed by atoms with E-state index in [4.69, 9.17) is 20.4 Å². The maximum absolute atomic E-state index is 10.3. The van der Waals surface area contributed by atoms with Gasteiger partial charge in [0.1, 0.15) is 22.7 Å². The first-order chi connectivity index (χ1) is 10.3. The molecule has 8 nitrogen and oxygen atoms in total. The van der Waals surface area contributed by atoms with Crippen LogP contribution >= 0.6 is 0 Å². The maximum atomic E-state index is 10.3. The number of nitrogens with zero attached hydrogens (tertiary/aromatic N) is 1. The first-order valence-electron chi connectivity index (χ1n) is 5.78. The molecule has 0 saturated heterocycles. The van der Waals surface area contributed by atoms with E-state index in [1.165, 1.54) is 30.3 Å². The number of hydrogen-bond acceptors (Lipinski definition) is 5. The summed E-state index contributed by atoms with van der Waals surface area (Å²) in [5.41, 5.74) is -0.604. The third kappa shape index (κ3) is 6.16. The number of para-hydroxylation sites is 1. The van der Waals surface area contributed by atoms with Gasteiger partial charge in [0.05, 0.1) is 0 Å². The van der Waals surface area contributed by atoms with Crippen LogP contribution in [-0.4, -0.2) is 43.3 Å². The fourth-order valence-electron chi connectivity index (χ4n) is 1.33. The van der Waals surface area contributed by atoms with E-state index in [2.05, 4.69) is 4.98 Å². The largest absolute Gasteiger partial charge is 1.00 e. The zero-order valence-electron chi connectivity index (χ0n) is 12.3. The van der Waals surface area contributed by atoms with E-state index in [1.807, 2.05) is 0 Å². The number of carboxylic acids is 3. The molecule has 0 aliphatic heterocycles. The van der Waals surface area contributed by atoms with E-state index >= 15 is 0 Å². The number of aromatic carboxylic acids is 3.